The van der Waals surface area contributed by atoms with Crippen LogP contribution in [0.1, 0.15) is 51.9 Å². The molecule has 0 aromatic rings. The van der Waals surface area contributed by atoms with Crippen molar-refractivity contribution in [3.05, 3.63) is 0 Å². The van der Waals surface area contributed by atoms with E-state index in [4.69, 9.17) is 0 Å². The molecule has 1 atom stereocenters. The SMILES string of the molecule is CC(NC1(C#N)CCCCC1)C1CC1. The van der Waals surface area contributed by atoms with Crippen LogP contribution in [0.2, 0.25) is 0 Å². The minimum absolute atomic E-state index is 0.180. The van der Waals surface area contributed by atoms with Gasteiger partial charge in [-0.15, -0.1) is 0 Å². The van der Waals surface area contributed by atoms with Gasteiger partial charge in [0.05, 0.1) is 6.07 Å². The van der Waals surface area contributed by atoms with E-state index >= 15 is 0 Å². The van der Waals surface area contributed by atoms with Crippen molar-refractivity contribution in [1.82, 2.24) is 5.32 Å². The van der Waals surface area contributed by atoms with E-state index in [1.165, 1.54) is 32.1 Å². The van der Waals surface area contributed by atoms with Crippen LogP contribution >= 0.6 is 0 Å². The lowest BCUT2D eigenvalue weighted by atomic mass is 9.82. The van der Waals surface area contributed by atoms with E-state index in [9.17, 15) is 5.26 Å². The van der Waals surface area contributed by atoms with Crippen LogP contribution < -0.4 is 5.32 Å². The number of nitrogens with zero attached hydrogens (tertiary/aromatic N) is 1. The number of nitrogens with one attached hydrogen (secondary N) is 1. The summed E-state index contributed by atoms with van der Waals surface area (Å²) in [6.07, 6.45) is 8.57. The highest BCUT2D eigenvalue weighted by Crippen LogP contribution is 2.35. The molecule has 2 aliphatic rings. The average molecular weight is 192 g/mol. The van der Waals surface area contributed by atoms with E-state index in [0.29, 0.717) is 6.04 Å². The smallest absolute Gasteiger partial charge is 0.106 e. The summed E-state index contributed by atoms with van der Waals surface area (Å²) in [4.78, 5) is 0. The van der Waals surface area contributed by atoms with Gasteiger partial charge < -0.3 is 0 Å². The molecule has 0 aliphatic heterocycles. The van der Waals surface area contributed by atoms with Crippen molar-refractivity contribution in [2.75, 3.05) is 0 Å². The summed E-state index contributed by atoms with van der Waals surface area (Å²) in [6, 6.07) is 3.07. The van der Waals surface area contributed by atoms with Crippen LogP contribution in [0, 0.1) is 17.2 Å². The molecule has 2 fully saturated rings. The molecule has 2 nitrogen and oxygen atoms in total. The predicted molar refractivity (Wildman–Crippen MR) is 56.8 cm³/mol. The molecule has 1 N–H and O–H groups in total. The predicted octanol–water partition coefficient (Wildman–Crippen LogP) is 2.60. The summed E-state index contributed by atoms with van der Waals surface area (Å²) in [5.74, 6) is 0.849. The van der Waals surface area contributed by atoms with Gasteiger partial charge in [-0.05, 0) is 38.5 Å². The minimum atomic E-state index is -0.180. The first-order valence-corrected chi connectivity index (χ1v) is 5.95. The Morgan fingerprint density at radius 3 is 2.43 bits per heavy atom. The van der Waals surface area contributed by atoms with Gasteiger partial charge in [0.15, 0.2) is 0 Å². The van der Waals surface area contributed by atoms with Crippen LogP contribution in [-0.4, -0.2) is 11.6 Å². The molecular formula is C12H20N2. The van der Waals surface area contributed by atoms with Crippen LogP contribution in [0.5, 0.6) is 0 Å². The van der Waals surface area contributed by atoms with E-state index < -0.39 is 0 Å². The fraction of sp³-hybridized carbons (Fsp3) is 0.917. The first-order chi connectivity index (χ1) is 6.76. The van der Waals surface area contributed by atoms with Gasteiger partial charge in [-0.1, -0.05) is 19.3 Å². The molecule has 2 saturated carbocycles. The summed E-state index contributed by atoms with van der Waals surface area (Å²) in [6.45, 7) is 2.24. The minimum Gasteiger partial charge on any atom is -0.297 e. The van der Waals surface area contributed by atoms with Crippen LogP contribution in [-0.2, 0) is 0 Å². The van der Waals surface area contributed by atoms with Crippen LogP contribution in [0.3, 0.4) is 0 Å². The molecule has 0 bridgehead atoms. The van der Waals surface area contributed by atoms with E-state index in [1.807, 2.05) is 0 Å². The van der Waals surface area contributed by atoms with Crippen molar-refractivity contribution in [3.8, 4) is 6.07 Å². The Bertz CT molecular complexity index is 231. The molecule has 0 amide bonds. The molecule has 2 heteroatoms. The second-order valence-corrected chi connectivity index (χ2v) is 5.03. The van der Waals surface area contributed by atoms with Crippen molar-refractivity contribution in [2.24, 2.45) is 5.92 Å². The molecule has 78 valence electrons. The van der Waals surface area contributed by atoms with Crippen LogP contribution in [0.25, 0.3) is 0 Å². The lowest BCUT2D eigenvalue weighted by Crippen LogP contribution is -2.50. The quantitative estimate of drug-likeness (QED) is 0.746. The summed E-state index contributed by atoms with van der Waals surface area (Å²) >= 11 is 0. The molecule has 14 heavy (non-hydrogen) atoms. The Morgan fingerprint density at radius 2 is 1.93 bits per heavy atom. The summed E-state index contributed by atoms with van der Waals surface area (Å²) in [5, 5.41) is 12.9. The van der Waals surface area contributed by atoms with E-state index in [-0.39, 0.29) is 5.54 Å². The highest BCUT2D eigenvalue weighted by atomic mass is 15.0. The fourth-order valence-electron chi connectivity index (χ4n) is 2.59. The number of hydrogen-bond donors (Lipinski definition) is 1. The molecule has 2 aliphatic carbocycles. The maximum Gasteiger partial charge on any atom is 0.106 e. The van der Waals surface area contributed by atoms with E-state index in [2.05, 4.69) is 18.3 Å². The molecule has 0 heterocycles. The standard InChI is InChI=1S/C12H20N2/c1-10(11-5-6-11)14-12(9-13)7-3-2-4-8-12/h10-11,14H,2-8H2,1H3. The van der Waals surface area contributed by atoms with Crippen LogP contribution in [0.15, 0.2) is 0 Å². The first kappa shape index (κ1) is 9.98. The second kappa shape index (κ2) is 3.90. The van der Waals surface area contributed by atoms with Gasteiger partial charge in [-0.25, -0.2) is 0 Å². The van der Waals surface area contributed by atoms with Gasteiger partial charge in [-0.3, -0.25) is 5.32 Å². The Balaban J connectivity index is 1.93. The van der Waals surface area contributed by atoms with Gasteiger partial charge in [0.25, 0.3) is 0 Å². The zero-order valence-corrected chi connectivity index (χ0v) is 9.05. The molecule has 2 rings (SSSR count). The van der Waals surface area contributed by atoms with Gasteiger partial charge in [-0.2, -0.15) is 5.26 Å². The van der Waals surface area contributed by atoms with Crippen LogP contribution in [0.4, 0.5) is 0 Å². The Kier molecular flexibility index (Phi) is 2.78. The number of nitriles is 1. The Labute approximate surface area is 86.7 Å². The van der Waals surface area contributed by atoms with Crippen molar-refractivity contribution >= 4 is 0 Å². The third-order valence-electron chi connectivity index (χ3n) is 3.75. The molecule has 0 spiro atoms. The maximum absolute atomic E-state index is 9.28. The monoisotopic (exact) mass is 192 g/mol. The van der Waals surface area contributed by atoms with Crippen molar-refractivity contribution in [3.63, 3.8) is 0 Å². The van der Waals surface area contributed by atoms with Crippen molar-refractivity contribution in [1.29, 1.82) is 5.26 Å². The molecule has 0 saturated heterocycles. The zero-order chi connectivity index (χ0) is 10.0. The van der Waals surface area contributed by atoms with Gasteiger partial charge in [0.1, 0.15) is 5.54 Å². The van der Waals surface area contributed by atoms with Crippen molar-refractivity contribution < 1.29 is 0 Å². The first-order valence-electron chi connectivity index (χ1n) is 5.95. The largest absolute Gasteiger partial charge is 0.297 e. The Hall–Kier alpha value is -0.550. The molecular weight excluding hydrogens is 172 g/mol. The van der Waals surface area contributed by atoms with Crippen molar-refractivity contribution in [2.45, 2.75) is 63.5 Å². The molecule has 0 aromatic heterocycles. The molecule has 0 radical (unpaired) electrons. The van der Waals surface area contributed by atoms with E-state index in [1.54, 1.807) is 0 Å². The highest BCUT2D eigenvalue weighted by molar-refractivity contribution is 5.10. The topological polar surface area (TPSA) is 35.8 Å². The van der Waals surface area contributed by atoms with E-state index in [0.717, 1.165) is 18.8 Å². The fourth-order valence-corrected chi connectivity index (χ4v) is 2.59. The summed E-state index contributed by atoms with van der Waals surface area (Å²) in [5.41, 5.74) is -0.180. The lowest BCUT2D eigenvalue weighted by molar-refractivity contribution is 0.263. The third-order valence-corrected chi connectivity index (χ3v) is 3.75. The average Bonchev–Trinajstić information content (AvgIpc) is 3.02. The molecule has 1 unspecified atom stereocenters. The maximum atomic E-state index is 9.28. The zero-order valence-electron chi connectivity index (χ0n) is 9.05. The van der Waals surface area contributed by atoms with Gasteiger partial charge in [0.2, 0.25) is 0 Å². The molecule has 0 aromatic carbocycles. The summed E-state index contributed by atoms with van der Waals surface area (Å²) in [7, 11) is 0. The number of rotatable bonds is 3. The third kappa shape index (κ3) is 2.09. The normalized spacial score (nSPS) is 28.0. The van der Waals surface area contributed by atoms with Gasteiger partial charge >= 0.3 is 0 Å². The highest BCUT2D eigenvalue weighted by Gasteiger charge is 2.37. The second-order valence-electron chi connectivity index (χ2n) is 5.03. The lowest BCUT2D eigenvalue weighted by Gasteiger charge is -2.34. The summed E-state index contributed by atoms with van der Waals surface area (Å²) < 4.78 is 0. The number of hydrogen-bond acceptors (Lipinski definition) is 2. The Morgan fingerprint density at radius 1 is 1.29 bits per heavy atom. The van der Waals surface area contributed by atoms with Gasteiger partial charge in [0, 0.05) is 6.04 Å².